The first-order valence-electron chi connectivity index (χ1n) is 3.75. The highest BCUT2D eigenvalue weighted by molar-refractivity contribution is 5.57. The lowest BCUT2D eigenvalue weighted by Gasteiger charge is -2.12. The van der Waals surface area contributed by atoms with Crippen molar-refractivity contribution in [3.8, 4) is 5.75 Å². The Kier molecular flexibility index (Phi) is 2.85. The average molecular weight is 206 g/mol. The van der Waals surface area contributed by atoms with Crippen molar-refractivity contribution in [2.75, 3.05) is 5.43 Å². The van der Waals surface area contributed by atoms with E-state index < -0.39 is 6.36 Å². The molecule has 0 aliphatic heterocycles. The first-order chi connectivity index (χ1) is 6.42. The second-order valence-corrected chi connectivity index (χ2v) is 2.69. The molecular formula is C8H9F3N2O. The van der Waals surface area contributed by atoms with Gasteiger partial charge in [0.1, 0.15) is 0 Å². The molecule has 0 atom stereocenters. The summed E-state index contributed by atoms with van der Waals surface area (Å²) in [5.41, 5.74) is 3.02. The summed E-state index contributed by atoms with van der Waals surface area (Å²) in [6.07, 6.45) is -4.71. The molecule has 14 heavy (non-hydrogen) atoms. The highest BCUT2D eigenvalue weighted by atomic mass is 19.4. The summed E-state index contributed by atoms with van der Waals surface area (Å²) in [6, 6.07) is 4.17. The van der Waals surface area contributed by atoms with Gasteiger partial charge in [-0.25, -0.2) is 0 Å². The Morgan fingerprint density at radius 2 is 2.00 bits per heavy atom. The van der Waals surface area contributed by atoms with E-state index in [-0.39, 0.29) is 11.4 Å². The van der Waals surface area contributed by atoms with Gasteiger partial charge in [-0.05, 0) is 24.6 Å². The van der Waals surface area contributed by atoms with Crippen molar-refractivity contribution in [2.24, 2.45) is 5.84 Å². The Morgan fingerprint density at radius 3 is 2.50 bits per heavy atom. The molecule has 0 heterocycles. The smallest absolute Gasteiger partial charge is 0.404 e. The zero-order valence-corrected chi connectivity index (χ0v) is 7.35. The van der Waals surface area contributed by atoms with Crippen LogP contribution in [0.1, 0.15) is 5.56 Å². The van der Waals surface area contributed by atoms with Crippen molar-refractivity contribution in [1.82, 2.24) is 0 Å². The lowest BCUT2D eigenvalue weighted by atomic mass is 10.2. The second kappa shape index (κ2) is 3.75. The largest absolute Gasteiger partial charge is 0.573 e. The Morgan fingerprint density at radius 1 is 1.36 bits per heavy atom. The monoisotopic (exact) mass is 206 g/mol. The van der Waals surface area contributed by atoms with Crippen molar-refractivity contribution in [3.63, 3.8) is 0 Å². The van der Waals surface area contributed by atoms with Crippen LogP contribution in [0.3, 0.4) is 0 Å². The maximum absolute atomic E-state index is 11.9. The van der Waals surface area contributed by atoms with E-state index in [4.69, 9.17) is 5.84 Å². The van der Waals surface area contributed by atoms with Crippen LogP contribution in [0.5, 0.6) is 5.75 Å². The predicted octanol–water partition coefficient (Wildman–Crippen LogP) is 2.18. The fourth-order valence-electron chi connectivity index (χ4n) is 0.970. The summed E-state index contributed by atoms with van der Waals surface area (Å²) in [5.74, 6) is 4.70. The molecule has 0 aliphatic carbocycles. The summed E-state index contributed by atoms with van der Waals surface area (Å²) >= 11 is 0. The molecule has 1 aromatic carbocycles. The molecule has 0 amide bonds. The number of alkyl halides is 3. The molecule has 78 valence electrons. The first kappa shape index (κ1) is 10.6. The first-order valence-corrected chi connectivity index (χ1v) is 3.75. The van der Waals surface area contributed by atoms with Gasteiger partial charge in [0.25, 0.3) is 0 Å². The zero-order valence-electron chi connectivity index (χ0n) is 7.35. The minimum absolute atomic E-state index is 0.0994. The fourth-order valence-corrected chi connectivity index (χ4v) is 0.970. The molecule has 1 aromatic rings. The van der Waals surface area contributed by atoms with Gasteiger partial charge in [0, 0.05) is 0 Å². The normalized spacial score (nSPS) is 11.2. The summed E-state index contributed by atoms with van der Waals surface area (Å²) < 4.78 is 39.3. The van der Waals surface area contributed by atoms with E-state index in [1.54, 1.807) is 6.92 Å². The number of hydrazine groups is 1. The summed E-state index contributed by atoms with van der Waals surface area (Å²) in [4.78, 5) is 0. The number of nitrogen functional groups attached to an aromatic ring is 1. The van der Waals surface area contributed by atoms with Crippen LogP contribution in [0.15, 0.2) is 18.2 Å². The average Bonchev–Trinajstić information content (AvgIpc) is 2.06. The third-order valence-electron chi connectivity index (χ3n) is 1.52. The van der Waals surface area contributed by atoms with Crippen LogP contribution in [-0.4, -0.2) is 6.36 Å². The van der Waals surface area contributed by atoms with E-state index in [1.165, 1.54) is 18.2 Å². The number of hydrogen-bond donors (Lipinski definition) is 2. The van der Waals surface area contributed by atoms with E-state index in [9.17, 15) is 13.2 Å². The molecule has 0 aromatic heterocycles. The van der Waals surface area contributed by atoms with Crippen LogP contribution in [-0.2, 0) is 0 Å². The lowest BCUT2D eigenvalue weighted by molar-refractivity contribution is -0.274. The van der Waals surface area contributed by atoms with E-state index in [0.717, 1.165) is 5.56 Å². The number of benzene rings is 1. The standard InChI is InChI=1S/C8H9F3N2O/c1-5-2-3-7(6(4-5)13-12)14-8(9,10)11/h2-4,13H,12H2,1H3. The number of anilines is 1. The van der Waals surface area contributed by atoms with Gasteiger partial charge in [-0.3, -0.25) is 5.84 Å². The minimum Gasteiger partial charge on any atom is -0.404 e. The van der Waals surface area contributed by atoms with Crippen LogP contribution in [0, 0.1) is 6.92 Å². The van der Waals surface area contributed by atoms with Crippen molar-refractivity contribution < 1.29 is 17.9 Å². The topological polar surface area (TPSA) is 47.3 Å². The summed E-state index contributed by atoms with van der Waals surface area (Å²) in [6.45, 7) is 1.73. The molecular weight excluding hydrogens is 197 g/mol. The Labute approximate surface area is 78.6 Å². The molecule has 0 saturated carbocycles. The number of nitrogens with one attached hydrogen (secondary N) is 1. The predicted molar refractivity (Wildman–Crippen MR) is 45.7 cm³/mol. The lowest BCUT2D eigenvalue weighted by Crippen LogP contribution is -2.19. The van der Waals surface area contributed by atoms with E-state index >= 15 is 0 Å². The number of halogens is 3. The van der Waals surface area contributed by atoms with Gasteiger partial charge in [-0.2, -0.15) is 0 Å². The van der Waals surface area contributed by atoms with Gasteiger partial charge in [-0.1, -0.05) is 6.07 Å². The van der Waals surface area contributed by atoms with E-state index in [0.29, 0.717) is 0 Å². The number of nitrogens with two attached hydrogens (primary N) is 1. The number of ether oxygens (including phenoxy) is 1. The molecule has 3 nitrogen and oxygen atoms in total. The maximum Gasteiger partial charge on any atom is 0.573 e. The van der Waals surface area contributed by atoms with Gasteiger partial charge in [0.2, 0.25) is 0 Å². The third-order valence-corrected chi connectivity index (χ3v) is 1.52. The van der Waals surface area contributed by atoms with Gasteiger partial charge >= 0.3 is 6.36 Å². The Bertz CT molecular complexity index is 325. The quantitative estimate of drug-likeness (QED) is 0.576. The SMILES string of the molecule is Cc1ccc(OC(F)(F)F)c(NN)c1. The zero-order chi connectivity index (χ0) is 10.8. The molecule has 1 rings (SSSR count). The Hall–Kier alpha value is -1.43. The minimum atomic E-state index is -4.71. The van der Waals surface area contributed by atoms with Gasteiger partial charge in [0.15, 0.2) is 5.75 Å². The van der Waals surface area contributed by atoms with E-state index in [1.807, 2.05) is 0 Å². The molecule has 6 heteroatoms. The van der Waals surface area contributed by atoms with Crippen molar-refractivity contribution >= 4 is 5.69 Å². The number of aryl methyl sites for hydroxylation is 1. The third kappa shape index (κ3) is 2.81. The molecule has 0 spiro atoms. The highest BCUT2D eigenvalue weighted by Gasteiger charge is 2.32. The Balaban J connectivity index is 2.97. The van der Waals surface area contributed by atoms with Crippen LogP contribution in [0.25, 0.3) is 0 Å². The molecule has 0 fully saturated rings. The molecule has 0 aliphatic rings. The van der Waals surface area contributed by atoms with Gasteiger partial charge in [-0.15, -0.1) is 13.2 Å². The summed E-state index contributed by atoms with van der Waals surface area (Å²) in [7, 11) is 0. The number of hydrogen-bond acceptors (Lipinski definition) is 3. The molecule has 0 unspecified atom stereocenters. The van der Waals surface area contributed by atoms with Crippen molar-refractivity contribution in [3.05, 3.63) is 23.8 Å². The molecule has 0 saturated heterocycles. The van der Waals surface area contributed by atoms with Gasteiger partial charge < -0.3 is 10.2 Å². The maximum atomic E-state index is 11.9. The highest BCUT2D eigenvalue weighted by Crippen LogP contribution is 2.30. The van der Waals surface area contributed by atoms with Crippen LogP contribution >= 0.6 is 0 Å². The van der Waals surface area contributed by atoms with Crippen LogP contribution < -0.4 is 16.0 Å². The van der Waals surface area contributed by atoms with Gasteiger partial charge in [0.05, 0.1) is 5.69 Å². The van der Waals surface area contributed by atoms with Crippen LogP contribution in [0.2, 0.25) is 0 Å². The van der Waals surface area contributed by atoms with Crippen LogP contribution in [0.4, 0.5) is 18.9 Å². The van der Waals surface area contributed by atoms with Crippen molar-refractivity contribution in [1.29, 1.82) is 0 Å². The molecule has 0 radical (unpaired) electrons. The van der Waals surface area contributed by atoms with E-state index in [2.05, 4.69) is 10.2 Å². The molecule has 3 N–H and O–H groups in total. The van der Waals surface area contributed by atoms with Crippen molar-refractivity contribution in [2.45, 2.75) is 13.3 Å². The summed E-state index contributed by atoms with van der Waals surface area (Å²) in [5, 5.41) is 0. The molecule has 0 bridgehead atoms. The second-order valence-electron chi connectivity index (χ2n) is 2.69. The fraction of sp³-hybridized carbons (Fsp3) is 0.250. The number of rotatable bonds is 2.